The second kappa shape index (κ2) is 6.97. The van der Waals surface area contributed by atoms with Gasteiger partial charge in [-0.15, -0.1) is 0 Å². The Morgan fingerprint density at radius 1 is 0.893 bits per heavy atom. The third-order valence-electron chi connectivity index (χ3n) is 5.52. The van der Waals surface area contributed by atoms with Gasteiger partial charge in [0.2, 0.25) is 0 Å². The quantitative estimate of drug-likeness (QED) is 0.512. The number of benzene rings is 3. The first-order valence-corrected chi connectivity index (χ1v) is 9.76. The zero-order valence-electron chi connectivity index (χ0n) is 15.5. The lowest BCUT2D eigenvalue weighted by Crippen LogP contribution is -2.14. The Balaban J connectivity index is 1.54. The Morgan fingerprint density at radius 3 is 2.64 bits per heavy atom. The second-order valence-corrected chi connectivity index (χ2v) is 7.26. The van der Waals surface area contributed by atoms with Crippen LogP contribution in [0.3, 0.4) is 0 Å². The first kappa shape index (κ1) is 16.8. The Labute approximate surface area is 163 Å². The van der Waals surface area contributed by atoms with Crippen molar-refractivity contribution >= 4 is 22.4 Å². The molecular formula is C24H21N3O. The molecule has 0 aliphatic heterocycles. The van der Waals surface area contributed by atoms with Gasteiger partial charge in [-0.05, 0) is 43.2 Å². The van der Waals surface area contributed by atoms with E-state index in [9.17, 15) is 4.79 Å². The molecule has 1 amide bonds. The smallest absolute Gasteiger partial charge is 0.256 e. The number of anilines is 1. The monoisotopic (exact) mass is 367 g/mol. The summed E-state index contributed by atoms with van der Waals surface area (Å²) in [4.78, 5) is 13.2. The lowest BCUT2D eigenvalue weighted by atomic mass is 9.92. The van der Waals surface area contributed by atoms with Crippen molar-refractivity contribution in [3.8, 4) is 11.3 Å². The summed E-state index contributed by atoms with van der Waals surface area (Å²) in [5.41, 5.74) is 5.75. The van der Waals surface area contributed by atoms with Gasteiger partial charge in [-0.3, -0.25) is 9.89 Å². The third kappa shape index (κ3) is 2.87. The van der Waals surface area contributed by atoms with Crippen LogP contribution in [0.4, 0.5) is 5.69 Å². The average Bonchev–Trinajstić information content (AvgIpc) is 3.18. The van der Waals surface area contributed by atoms with E-state index in [4.69, 9.17) is 0 Å². The molecule has 1 aliphatic carbocycles. The minimum absolute atomic E-state index is 0.112. The van der Waals surface area contributed by atoms with E-state index in [2.05, 4.69) is 27.6 Å². The van der Waals surface area contributed by atoms with Crippen LogP contribution in [0.15, 0.2) is 66.7 Å². The van der Waals surface area contributed by atoms with Gasteiger partial charge in [0.15, 0.2) is 0 Å². The van der Waals surface area contributed by atoms with Crippen LogP contribution in [0.1, 0.15) is 34.5 Å². The summed E-state index contributed by atoms with van der Waals surface area (Å²) in [7, 11) is 0. The predicted molar refractivity (Wildman–Crippen MR) is 113 cm³/mol. The van der Waals surface area contributed by atoms with E-state index in [0.29, 0.717) is 5.56 Å². The van der Waals surface area contributed by atoms with Crippen molar-refractivity contribution in [2.75, 3.05) is 5.32 Å². The van der Waals surface area contributed by atoms with Crippen LogP contribution in [0, 0.1) is 0 Å². The molecule has 1 aromatic heterocycles. The summed E-state index contributed by atoms with van der Waals surface area (Å²) in [5, 5.41) is 13.0. The highest BCUT2D eigenvalue weighted by atomic mass is 16.1. The third-order valence-corrected chi connectivity index (χ3v) is 5.52. The van der Waals surface area contributed by atoms with E-state index in [1.807, 2.05) is 54.6 Å². The maximum Gasteiger partial charge on any atom is 0.256 e. The molecule has 4 aromatic rings. The van der Waals surface area contributed by atoms with Gasteiger partial charge in [-0.1, -0.05) is 54.6 Å². The highest BCUT2D eigenvalue weighted by molar-refractivity contribution is 6.12. The lowest BCUT2D eigenvalue weighted by Gasteiger charge is -2.14. The van der Waals surface area contributed by atoms with Gasteiger partial charge in [0.25, 0.3) is 5.91 Å². The van der Waals surface area contributed by atoms with Crippen LogP contribution in [0.5, 0.6) is 0 Å². The molecule has 0 fully saturated rings. The van der Waals surface area contributed by atoms with Gasteiger partial charge >= 0.3 is 0 Å². The van der Waals surface area contributed by atoms with Crippen LogP contribution in [-0.4, -0.2) is 16.1 Å². The van der Waals surface area contributed by atoms with E-state index in [1.165, 1.54) is 24.1 Å². The number of rotatable bonds is 3. The Kier molecular flexibility index (Phi) is 4.17. The Morgan fingerprint density at radius 2 is 1.68 bits per heavy atom. The largest absolute Gasteiger partial charge is 0.321 e. The van der Waals surface area contributed by atoms with Crippen molar-refractivity contribution in [2.45, 2.75) is 25.7 Å². The number of amides is 1. The number of carbonyl (C=O) groups excluding carboxylic acids is 1. The number of hydrogen-bond acceptors (Lipinski definition) is 2. The maximum atomic E-state index is 13.2. The fourth-order valence-corrected chi connectivity index (χ4v) is 4.12. The molecular weight excluding hydrogens is 346 g/mol. The van der Waals surface area contributed by atoms with Gasteiger partial charge in [-0.25, -0.2) is 0 Å². The number of nitrogens with one attached hydrogen (secondary N) is 2. The molecule has 4 heteroatoms. The molecule has 2 N–H and O–H groups in total. The first-order valence-electron chi connectivity index (χ1n) is 9.76. The topological polar surface area (TPSA) is 57.8 Å². The summed E-state index contributed by atoms with van der Waals surface area (Å²) in [5.74, 6) is -0.112. The van der Waals surface area contributed by atoms with Crippen molar-refractivity contribution in [2.24, 2.45) is 0 Å². The number of aryl methyl sites for hydroxylation is 1. The van der Waals surface area contributed by atoms with Crippen LogP contribution < -0.4 is 5.32 Å². The van der Waals surface area contributed by atoms with Gasteiger partial charge < -0.3 is 5.32 Å². The van der Waals surface area contributed by atoms with Crippen LogP contribution in [0.25, 0.3) is 22.0 Å². The van der Waals surface area contributed by atoms with Crippen molar-refractivity contribution < 1.29 is 4.79 Å². The van der Waals surface area contributed by atoms with E-state index in [1.54, 1.807) is 0 Å². The van der Waals surface area contributed by atoms with Crippen LogP contribution in [0.2, 0.25) is 0 Å². The zero-order valence-corrected chi connectivity index (χ0v) is 15.5. The fourth-order valence-electron chi connectivity index (χ4n) is 4.12. The molecule has 0 atom stereocenters. The zero-order chi connectivity index (χ0) is 18.9. The number of nitrogens with zero attached hydrogens (tertiary/aromatic N) is 1. The van der Waals surface area contributed by atoms with Crippen molar-refractivity contribution in [1.82, 2.24) is 10.2 Å². The normalized spacial score (nSPS) is 13.3. The summed E-state index contributed by atoms with van der Waals surface area (Å²) in [6.07, 6.45) is 4.41. The maximum absolute atomic E-state index is 13.2. The summed E-state index contributed by atoms with van der Waals surface area (Å²) in [6, 6.07) is 21.8. The average molecular weight is 367 g/mol. The molecule has 28 heavy (non-hydrogen) atoms. The molecule has 0 unspecified atom stereocenters. The summed E-state index contributed by atoms with van der Waals surface area (Å²) >= 11 is 0. The molecule has 0 saturated heterocycles. The van der Waals surface area contributed by atoms with E-state index in [-0.39, 0.29) is 5.91 Å². The summed E-state index contributed by atoms with van der Waals surface area (Å²) in [6.45, 7) is 0. The molecule has 0 radical (unpaired) electrons. The van der Waals surface area contributed by atoms with Gasteiger partial charge in [0.1, 0.15) is 0 Å². The van der Waals surface area contributed by atoms with Crippen molar-refractivity contribution in [3.63, 3.8) is 0 Å². The molecule has 1 aliphatic rings. The van der Waals surface area contributed by atoms with E-state index < -0.39 is 0 Å². The Bertz CT molecular complexity index is 1170. The molecule has 4 nitrogen and oxygen atoms in total. The number of hydrogen-bond donors (Lipinski definition) is 2. The molecule has 3 aromatic carbocycles. The van der Waals surface area contributed by atoms with Crippen LogP contribution >= 0.6 is 0 Å². The van der Waals surface area contributed by atoms with Crippen molar-refractivity contribution in [1.29, 1.82) is 0 Å². The van der Waals surface area contributed by atoms with Gasteiger partial charge in [-0.2, -0.15) is 5.10 Å². The van der Waals surface area contributed by atoms with E-state index in [0.717, 1.165) is 40.6 Å². The second-order valence-electron chi connectivity index (χ2n) is 7.26. The molecule has 0 spiro atoms. The van der Waals surface area contributed by atoms with E-state index >= 15 is 0 Å². The molecule has 138 valence electrons. The fraction of sp³-hybridized carbons (Fsp3) is 0.167. The number of fused-ring (bicyclic) bond motifs is 2. The van der Waals surface area contributed by atoms with Gasteiger partial charge in [0, 0.05) is 33.5 Å². The summed E-state index contributed by atoms with van der Waals surface area (Å²) < 4.78 is 0. The molecule has 0 bridgehead atoms. The number of carbonyl (C=O) groups is 1. The first-order chi connectivity index (χ1) is 13.8. The minimum atomic E-state index is -0.112. The van der Waals surface area contributed by atoms with Gasteiger partial charge in [0.05, 0.1) is 5.69 Å². The molecule has 1 heterocycles. The number of H-pyrrole nitrogens is 1. The molecule has 0 saturated carbocycles. The Hall–Kier alpha value is -3.40. The standard InChI is InChI=1S/C24H21N3O/c28-24(25-21-15-7-9-16-8-1-2-10-17(16)21)19-12-4-3-11-18(19)23-20-13-5-6-14-22(20)26-27-23/h1-4,7-12,15H,5-6,13-14H2,(H,25,28)(H,26,27). The minimum Gasteiger partial charge on any atom is -0.321 e. The SMILES string of the molecule is O=C(Nc1cccc2ccccc12)c1ccccc1-c1n[nH]c2c1CCCC2. The highest BCUT2D eigenvalue weighted by Gasteiger charge is 2.22. The molecule has 5 rings (SSSR count). The number of aromatic nitrogens is 2. The van der Waals surface area contributed by atoms with Crippen LogP contribution in [-0.2, 0) is 12.8 Å². The number of aromatic amines is 1. The predicted octanol–water partition coefficient (Wildman–Crippen LogP) is 5.36. The highest BCUT2D eigenvalue weighted by Crippen LogP contribution is 2.32. The lowest BCUT2D eigenvalue weighted by molar-refractivity contribution is 0.102. The van der Waals surface area contributed by atoms with Crippen molar-refractivity contribution in [3.05, 3.63) is 83.6 Å².